The van der Waals surface area contributed by atoms with Crippen molar-refractivity contribution < 1.29 is 4.79 Å². The number of carbonyl (C=O) groups excluding carboxylic acids is 1. The largest absolute Gasteiger partial charge is 0.325 e. The minimum atomic E-state index is -0.102. The Morgan fingerprint density at radius 3 is 2.65 bits per heavy atom. The van der Waals surface area contributed by atoms with E-state index < -0.39 is 0 Å². The van der Waals surface area contributed by atoms with E-state index in [1.807, 2.05) is 26.8 Å². The molecule has 0 spiro atoms. The molecular formula is C13H15ClN2O. The van der Waals surface area contributed by atoms with E-state index in [0.29, 0.717) is 22.7 Å². The van der Waals surface area contributed by atoms with Gasteiger partial charge in [-0.2, -0.15) is 5.26 Å². The number of hydrogen-bond acceptors (Lipinski definition) is 2. The molecule has 0 fully saturated rings. The van der Waals surface area contributed by atoms with Crippen LogP contribution in [0.15, 0.2) is 18.2 Å². The molecule has 0 aliphatic carbocycles. The van der Waals surface area contributed by atoms with E-state index in [-0.39, 0.29) is 11.3 Å². The summed E-state index contributed by atoms with van der Waals surface area (Å²) >= 11 is 5.94. The van der Waals surface area contributed by atoms with Gasteiger partial charge in [-0.3, -0.25) is 4.79 Å². The van der Waals surface area contributed by atoms with E-state index in [1.54, 1.807) is 18.2 Å². The molecule has 0 aliphatic heterocycles. The second kappa shape index (κ2) is 5.20. The molecule has 0 unspecified atom stereocenters. The maximum absolute atomic E-state index is 11.7. The Morgan fingerprint density at radius 2 is 2.12 bits per heavy atom. The van der Waals surface area contributed by atoms with Gasteiger partial charge in [0.15, 0.2) is 0 Å². The van der Waals surface area contributed by atoms with Gasteiger partial charge in [0, 0.05) is 6.42 Å². The van der Waals surface area contributed by atoms with Gasteiger partial charge in [-0.15, -0.1) is 0 Å². The number of carbonyl (C=O) groups is 1. The number of anilines is 1. The van der Waals surface area contributed by atoms with Crippen LogP contribution in [-0.2, 0) is 4.79 Å². The van der Waals surface area contributed by atoms with Crippen molar-refractivity contribution in [1.29, 1.82) is 5.26 Å². The van der Waals surface area contributed by atoms with E-state index in [0.717, 1.165) is 0 Å². The molecule has 0 aromatic heterocycles. The molecule has 0 atom stereocenters. The lowest BCUT2D eigenvalue weighted by Gasteiger charge is -2.17. The Labute approximate surface area is 106 Å². The summed E-state index contributed by atoms with van der Waals surface area (Å²) in [5.41, 5.74) is 0.879. The number of rotatable bonds is 2. The molecule has 90 valence electrons. The van der Waals surface area contributed by atoms with E-state index in [2.05, 4.69) is 5.32 Å². The molecule has 1 aromatic rings. The van der Waals surface area contributed by atoms with Crippen molar-refractivity contribution >= 4 is 23.2 Å². The second-order valence-corrected chi connectivity index (χ2v) is 5.50. The maximum atomic E-state index is 11.7. The Balaban J connectivity index is 2.82. The van der Waals surface area contributed by atoms with E-state index in [4.69, 9.17) is 16.9 Å². The molecule has 0 heterocycles. The van der Waals surface area contributed by atoms with Crippen molar-refractivity contribution in [3.8, 4) is 6.07 Å². The first kappa shape index (κ1) is 13.5. The van der Waals surface area contributed by atoms with Gasteiger partial charge in [-0.1, -0.05) is 32.4 Å². The van der Waals surface area contributed by atoms with Crippen LogP contribution in [0.1, 0.15) is 32.8 Å². The Bertz CT molecular complexity index is 469. The van der Waals surface area contributed by atoms with Crippen molar-refractivity contribution in [2.24, 2.45) is 5.41 Å². The third kappa shape index (κ3) is 4.46. The van der Waals surface area contributed by atoms with Crippen LogP contribution < -0.4 is 5.32 Å². The number of benzene rings is 1. The van der Waals surface area contributed by atoms with Crippen molar-refractivity contribution in [2.45, 2.75) is 27.2 Å². The van der Waals surface area contributed by atoms with Gasteiger partial charge in [0.1, 0.15) is 0 Å². The third-order valence-corrected chi connectivity index (χ3v) is 2.39. The van der Waals surface area contributed by atoms with Crippen LogP contribution in [0.25, 0.3) is 0 Å². The summed E-state index contributed by atoms with van der Waals surface area (Å²) < 4.78 is 0. The van der Waals surface area contributed by atoms with Crippen LogP contribution in [0, 0.1) is 16.7 Å². The summed E-state index contributed by atoms with van der Waals surface area (Å²) in [7, 11) is 0. The molecule has 1 amide bonds. The van der Waals surface area contributed by atoms with Crippen molar-refractivity contribution in [3.63, 3.8) is 0 Å². The summed E-state index contributed by atoms with van der Waals surface area (Å²) in [5.74, 6) is -0.102. The molecule has 0 saturated heterocycles. The second-order valence-electron chi connectivity index (χ2n) is 5.09. The van der Waals surface area contributed by atoms with Gasteiger partial charge in [-0.25, -0.2) is 0 Å². The average Bonchev–Trinajstić information content (AvgIpc) is 2.18. The summed E-state index contributed by atoms with van der Waals surface area (Å²) in [5, 5.41) is 11.9. The molecule has 4 heteroatoms. The summed E-state index contributed by atoms with van der Waals surface area (Å²) in [6.45, 7) is 5.96. The number of nitrogens with one attached hydrogen (secondary N) is 1. The van der Waals surface area contributed by atoms with Gasteiger partial charge >= 0.3 is 0 Å². The van der Waals surface area contributed by atoms with E-state index >= 15 is 0 Å². The topological polar surface area (TPSA) is 52.9 Å². The van der Waals surface area contributed by atoms with E-state index in [9.17, 15) is 4.79 Å². The predicted molar refractivity (Wildman–Crippen MR) is 68.9 cm³/mol. The fourth-order valence-electron chi connectivity index (χ4n) is 1.37. The van der Waals surface area contributed by atoms with Gasteiger partial charge in [0.05, 0.1) is 22.3 Å². The number of halogens is 1. The molecule has 1 aromatic carbocycles. The number of nitrogens with zero attached hydrogens (tertiary/aromatic N) is 1. The highest BCUT2D eigenvalue weighted by Crippen LogP contribution is 2.25. The molecule has 1 rings (SSSR count). The first-order chi connectivity index (χ1) is 7.81. The molecule has 0 bridgehead atoms. The zero-order valence-electron chi connectivity index (χ0n) is 10.2. The van der Waals surface area contributed by atoms with Crippen molar-refractivity contribution in [1.82, 2.24) is 0 Å². The maximum Gasteiger partial charge on any atom is 0.224 e. The standard InChI is InChI=1S/C13H15ClN2O/c1-13(2,3)7-12(17)16-11-6-9(8-15)4-5-10(11)14/h4-6H,7H2,1-3H3,(H,16,17). The van der Waals surface area contributed by atoms with E-state index in [1.165, 1.54) is 0 Å². The number of amides is 1. The van der Waals surface area contributed by atoms with Gasteiger partial charge in [0.2, 0.25) is 5.91 Å². The van der Waals surface area contributed by atoms with Crippen molar-refractivity contribution in [2.75, 3.05) is 5.32 Å². The number of hydrogen-bond donors (Lipinski definition) is 1. The van der Waals surface area contributed by atoms with Gasteiger partial charge < -0.3 is 5.32 Å². The predicted octanol–water partition coefficient (Wildman–Crippen LogP) is 3.59. The zero-order valence-corrected chi connectivity index (χ0v) is 10.9. The third-order valence-electron chi connectivity index (χ3n) is 2.06. The summed E-state index contributed by atoms with van der Waals surface area (Å²) in [6, 6.07) is 6.80. The molecule has 3 nitrogen and oxygen atoms in total. The molecule has 0 radical (unpaired) electrons. The van der Waals surface area contributed by atoms with Gasteiger partial charge in [-0.05, 0) is 23.6 Å². The Kier molecular flexibility index (Phi) is 4.14. The minimum absolute atomic E-state index is 0.0800. The first-order valence-electron chi connectivity index (χ1n) is 5.31. The normalized spacial score (nSPS) is 10.8. The number of nitriles is 1. The minimum Gasteiger partial charge on any atom is -0.325 e. The highest BCUT2D eigenvalue weighted by molar-refractivity contribution is 6.33. The van der Waals surface area contributed by atoms with Crippen LogP contribution in [0.5, 0.6) is 0 Å². The van der Waals surface area contributed by atoms with Crippen molar-refractivity contribution in [3.05, 3.63) is 28.8 Å². The lowest BCUT2D eigenvalue weighted by Crippen LogP contribution is -2.19. The Morgan fingerprint density at radius 1 is 1.47 bits per heavy atom. The van der Waals surface area contributed by atoms with Crippen LogP contribution in [-0.4, -0.2) is 5.91 Å². The van der Waals surface area contributed by atoms with Gasteiger partial charge in [0.25, 0.3) is 0 Å². The molecule has 1 N–H and O–H groups in total. The molecule has 0 aliphatic rings. The average molecular weight is 251 g/mol. The summed E-state index contributed by atoms with van der Waals surface area (Å²) in [4.78, 5) is 11.7. The zero-order chi connectivity index (χ0) is 13.1. The highest BCUT2D eigenvalue weighted by atomic mass is 35.5. The SMILES string of the molecule is CC(C)(C)CC(=O)Nc1cc(C#N)ccc1Cl. The monoisotopic (exact) mass is 250 g/mol. The fourth-order valence-corrected chi connectivity index (χ4v) is 1.53. The lowest BCUT2D eigenvalue weighted by atomic mass is 9.92. The fraction of sp³-hybridized carbons (Fsp3) is 0.385. The highest BCUT2D eigenvalue weighted by Gasteiger charge is 2.16. The smallest absolute Gasteiger partial charge is 0.224 e. The lowest BCUT2D eigenvalue weighted by molar-refractivity contribution is -0.117. The molecule has 17 heavy (non-hydrogen) atoms. The molecular weight excluding hydrogens is 236 g/mol. The molecule has 0 saturated carbocycles. The van der Waals surface area contributed by atoms with Crippen LogP contribution in [0.4, 0.5) is 5.69 Å². The first-order valence-corrected chi connectivity index (χ1v) is 5.69. The quantitative estimate of drug-likeness (QED) is 0.872. The Hall–Kier alpha value is -1.53. The van der Waals surface area contributed by atoms with Crippen LogP contribution in [0.3, 0.4) is 0 Å². The van der Waals surface area contributed by atoms with Crippen LogP contribution >= 0.6 is 11.6 Å². The van der Waals surface area contributed by atoms with Crippen LogP contribution in [0.2, 0.25) is 5.02 Å². The summed E-state index contributed by atoms with van der Waals surface area (Å²) in [6.07, 6.45) is 0.403.